The van der Waals surface area contributed by atoms with Crippen LogP contribution in [0.2, 0.25) is 5.02 Å². The molecular weight excluding hydrogens is 326 g/mol. The molecule has 0 amide bonds. The molecule has 2 rings (SSSR count). The van der Waals surface area contributed by atoms with Crippen molar-refractivity contribution in [2.75, 3.05) is 25.0 Å². The molecule has 1 N–H and O–H groups in total. The van der Waals surface area contributed by atoms with E-state index < -0.39 is 10.0 Å². The summed E-state index contributed by atoms with van der Waals surface area (Å²) >= 11 is 5.96. The summed E-state index contributed by atoms with van der Waals surface area (Å²) < 4.78 is 37.3. The van der Waals surface area contributed by atoms with Crippen LogP contribution in [0.15, 0.2) is 53.4 Å². The monoisotopic (exact) mass is 341 g/mol. The molecule has 0 aliphatic carbocycles. The van der Waals surface area contributed by atoms with Crippen molar-refractivity contribution in [1.82, 2.24) is 0 Å². The van der Waals surface area contributed by atoms with Crippen molar-refractivity contribution < 1.29 is 17.9 Å². The van der Waals surface area contributed by atoms with E-state index in [-0.39, 0.29) is 4.90 Å². The predicted molar refractivity (Wildman–Crippen MR) is 86.1 cm³/mol. The minimum atomic E-state index is -3.69. The summed E-state index contributed by atoms with van der Waals surface area (Å²) in [5.41, 5.74) is 0.338. The van der Waals surface area contributed by atoms with E-state index in [9.17, 15) is 8.42 Å². The lowest BCUT2D eigenvalue weighted by Crippen LogP contribution is -2.13. The molecule has 0 unspecified atom stereocenters. The van der Waals surface area contributed by atoms with Gasteiger partial charge in [-0.25, -0.2) is 8.42 Å². The number of anilines is 1. The second-order valence-electron chi connectivity index (χ2n) is 4.40. The first kappa shape index (κ1) is 16.6. The maximum atomic E-state index is 12.3. The molecule has 0 saturated carbocycles. The number of sulfonamides is 1. The average Bonchev–Trinajstić information content (AvgIpc) is 2.50. The highest BCUT2D eigenvalue weighted by molar-refractivity contribution is 7.92. The lowest BCUT2D eigenvalue weighted by atomic mass is 10.3. The molecule has 0 spiro atoms. The van der Waals surface area contributed by atoms with Gasteiger partial charge in [0, 0.05) is 7.11 Å². The van der Waals surface area contributed by atoms with E-state index in [4.69, 9.17) is 21.1 Å². The van der Waals surface area contributed by atoms with Crippen molar-refractivity contribution in [2.24, 2.45) is 0 Å². The lowest BCUT2D eigenvalue weighted by Gasteiger charge is -2.10. The van der Waals surface area contributed by atoms with Gasteiger partial charge in [0.1, 0.15) is 12.4 Å². The van der Waals surface area contributed by atoms with Crippen LogP contribution in [0.4, 0.5) is 5.69 Å². The Kier molecular flexibility index (Phi) is 5.65. The van der Waals surface area contributed by atoms with Crippen LogP contribution in [0.1, 0.15) is 0 Å². The number of hydrogen-bond donors (Lipinski definition) is 1. The third-order valence-corrected chi connectivity index (χ3v) is 4.52. The SMILES string of the molecule is COCCOc1ccc(S(=O)(=O)Nc2ccccc2Cl)cc1. The fourth-order valence-electron chi connectivity index (χ4n) is 1.71. The van der Waals surface area contributed by atoms with Crippen molar-refractivity contribution >= 4 is 27.3 Å². The second-order valence-corrected chi connectivity index (χ2v) is 6.49. The summed E-state index contributed by atoms with van der Waals surface area (Å²) in [4.78, 5) is 0.131. The first-order valence-electron chi connectivity index (χ1n) is 6.52. The Labute approximate surface area is 134 Å². The van der Waals surface area contributed by atoms with Crippen LogP contribution in [-0.4, -0.2) is 28.7 Å². The molecular formula is C15H16ClNO4S. The molecule has 0 bridgehead atoms. The first-order valence-corrected chi connectivity index (χ1v) is 8.38. The highest BCUT2D eigenvalue weighted by Crippen LogP contribution is 2.24. The first-order chi connectivity index (χ1) is 10.5. The van der Waals surface area contributed by atoms with Crippen molar-refractivity contribution in [3.8, 4) is 5.75 Å². The second kappa shape index (κ2) is 7.49. The predicted octanol–water partition coefficient (Wildman–Crippen LogP) is 3.17. The van der Waals surface area contributed by atoms with Crippen LogP contribution >= 0.6 is 11.6 Å². The zero-order valence-electron chi connectivity index (χ0n) is 12.0. The van der Waals surface area contributed by atoms with E-state index in [1.165, 1.54) is 12.1 Å². The molecule has 0 saturated heterocycles. The Morgan fingerprint density at radius 1 is 1.05 bits per heavy atom. The van der Waals surface area contributed by atoms with E-state index in [2.05, 4.69) is 4.72 Å². The fraction of sp³-hybridized carbons (Fsp3) is 0.200. The van der Waals surface area contributed by atoms with Crippen LogP contribution in [0.25, 0.3) is 0 Å². The van der Waals surface area contributed by atoms with Crippen molar-refractivity contribution in [1.29, 1.82) is 0 Å². The maximum absolute atomic E-state index is 12.3. The number of ether oxygens (including phenoxy) is 2. The zero-order chi connectivity index (χ0) is 16.0. The topological polar surface area (TPSA) is 64.6 Å². The normalized spacial score (nSPS) is 11.2. The van der Waals surface area contributed by atoms with Crippen LogP contribution in [-0.2, 0) is 14.8 Å². The number of hydrogen-bond acceptors (Lipinski definition) is 4. The van der Waals surface area contributed by atoms with Gasteiger partial charge in [-0.15, -0.1) is 0 Å². The van der Waals surface area contributed by atoms with Gasteiger partial charge in [-0.05, 0) is 36.4 Å². The van der Waals surface area contributed by atoms with Crippen LogP contribution in [0.3, 0.4) is 0 Å². The van der Waals surface area contributed by atoms with Crippen LogP contribution in [0.5, 0.6) is 5.75 Å². The van der Waals surface area contributed by atoms with Gasteiger partial charge in [0.05, 0.1) is 22.2 Å². The number of nitrogens with one attached hydrogen (secondary N) is 1. The van der Waals surface area contributed by atoms with Crippen molar-refractivity contribution in [2.45, 2.75) is 4.90 Å². The Morgan fingerprint density at radius 2 is 1.73 bits per heavy atom. The maximum Gasteiger partial charge on any atom is 0.261 e. The summed E-state index contributed by atoms with van der Waals surface area (Å²) in [7, 11) is -2.11. The van der Waals surface area contributed by atoms with Gasteiger partial charge in [0.2, 0.25) is 0 Å². The molecule has 2 aromatic rings. The molecule has 0 radical (unpaired) electrons. The van der Waals surface area contributed by atoms with E-state index in [0.717, 1.165) is 0 Å². The summed E-state index contributed by atoms with van der Waals surface area (Å²) in [6.45, 7) is 0.870. The summed E-state index contributed by atoms with van der Waals surface area (Å²) in [6.07, 6.45) is 0. The number of benzene rings is 2. The van der Waals surface area contributed by atoms with Crippen molar-refractivity contribution in [3.05, 3.63) is 53.6 Å². The summed E-state index contributed by atoms with van der Waals surface area (Å²) in [6, 6.07) is 12.8. The number of para-hydroxylation sites is 1. The molecule has 0 aliphatic rings. The van der Waals surface area contributed by atoms with E-state index in [1.54, 1.807) is 43.5 Å². The average molecular weight is 342 g/mol. The van der Waals surface area contributed by atoms with Gasteiger partial charge in [0.25, 0.3) is 10.0 Å². The molecule has 0 fully saturated rings. The minimum absolute atomic E-state index is 0.131. The van der Waals surface area contributed by atoms with Gasteiger partial charge in [0.15, 0.2) is 0 Å². The molecule has 2 aromatic carbocycles. The Morgan fingerprint density at radius 3 is 2.36 bits per heavy atom. The lowest BCUT2D eigenvalue weighted by molar-refractivity contribution is 0.146. The van der Waals surface area contributed by atoms with E-state index >= 15 is 0 Å². The molecule has 118 valence electrons. The molecule has 0 aromatic heterocycles. The third-order valence-electron chi connectivity index (χ3n) is 2.81. The summed E-state index contributed by atoms with van der Waals surface area (Å²) in [5.74, 6) is 0.578. The molecule has 0 heterocycles. The quantitative estimate of drug-likeness (QED) is 0.786. The number of rotatable bonds is 7. The molecule has 5 nitrogen and oxygen atoms in total. The smallest absolute Gasteiger partial charge is 0.261 e. The Hall–Kier alpha value is -1.76. The Balaban J connectivity index is 2.11. The van der Waals surface area contributed by atoms with Crippen molar-refractivity contribution in [3.63, 3.8) is 0 Å². The van der Waals surface area contributed by atoms with E-state index in [1.807, 2.05) is 0 Å². The van der Waals surface area contributed by atoms with Gasteiger partial charge in [-0.2, -0.15) is 0 Å². The molecule has 22 heavy (non-hydrogen) atoms. The fourth-order valence-corrected chi connectivity index (χ4v) is 3.02. The number of methoxy groups -OCH3 is 1. The molecule has 0 aliphatic heterocycles. The van der Waals surface area contributed by atoms with Gasteiger partial charge >= 0.3 is 0 Å². The van der Waals surface area contributed by atoms with E-state index in [0.29, 0.717) is 29.7 Å². The van der Waals surface area contributed by atoms with Gasteiger partial charge in [-0.3, -0.25) is 4.72 Å². The zero-order valence-corrected chi connectivity index (χ0v) is 13.5. The largest absolute Gasteiger partial charge is 0.491 e. The highest BCUT2D eigenvalue weighted by atomic mass is 35.5. The van der Waals surface area contributed by atoms with Gasteiger partial charge < -0.3 is 9.47 Å². The number of halogens is 1. The van der Waals surface area contributed by atoms with Gasteiger partial charge in [-0.1, -0.05) is 23.7 Å². The minimum Gasteiger partial charge on any atom is -0.491 e. The highest BCUT2D eigenvalue weighted by Gasteiger charge is 2.15. The summed E-state index contributed by atoms with van der Waals surface area (Å²) in [5, 5.41) is 0.339. The molecule has 0 atom stereocenters. The molecule has 7 heteroatoms. The third kappa shape index (κ3) is 4.37. The standard InChI is InChI=1S/C15H16ClNO4S/c1-20-10-11-21-12-6-8-13(9-7-12)22(18,19)17-15-5-3-2-4-14(15)16/h2-9,17H,10-11H2,1H3. The van der Waals surface area contributed by atoms with Crippen LogP contribution in [0, 0.1) is 0 Å². The van der Waals surface area contributed by atoms with Crippen LogP contribution < -0.4 is 9.46 Å². The Bertz CT molecular complexity index is 717.